The molecule has 138 valence electrons. The van der Waals surface area contributed by atoms with Gasteiger partial charge in [0, 0.05) is 11.3 Å². The van der Waals surface area contributed by atoms with E-state index < -0.39 is 0 Å². The Morgan fingerprint density at radius 3 is 2.33 bits per heavy atom. The Balaban J connectivity index is 1.77. The summed E-state index contributed by atoms with van der Waals surface area (Å²) in [6.07, 6.45) is 2.08. The Kier molecular flexibility index (Phi) is 6.72. The molecule has 2 nitrogen and oxygen atoms in total. The predicted molar refractivity (Wildman–Crippen MR) is 118 cm³/mol. The lowest BCUT2D eigenvalue weighted by Crippen LogP contribution is -2.06. The van der Waals surface area contributed by atoms with E-state index in [0.717, 1.165) is 22.6 Å². The van der Waals surface area contributed by atoms with Crippen molar-refractivity contribution in [2.24, 2.45) is 5.16 Å². The van der Waals surface area contributed by atoms with Gasteiger partial charge in [-0.1, -0.05) is 83.5 Å². The van der Waals surface area contributed by atoms with Gasteiger partial charge in [0.25, 0.3) is 0 Å². The second kappa shape index (κ2) is 9.43. The average molecular weight is 376 g/mol. The van der Waals surface area contributed by atoms with Crippen molar-refractivity contribution in [2.75, 3.05) is 12.0 Å². The molecule has 0 heterocycles. The molecule has 0 amide bonds. The third-order valence-corrected chi connectivity index (χ3v) is 5.15. The summed E-state index contributed by atoms with van der Waals surface area (Å²) in [5.74, 6) is 0.825. The molecule has 3 aromatic rings. The van der Waals surface area contributed by atoms with Gasteiger partial charge in [-0.3, -0.25) is 0 Å². The lowest BCUT2D eigenvalue weighted by Gasteiger charge is -2.12. The highest BCUT2D eigenvalue weighted by Crippen LogP contribution is 2.26. The van der Waals surface area contributed by atoms with E-state index >= 15 is 0 Å². The molecular formula is C24H25NOS. The van der Waals surface area contributed by atoms with Crippen LogP contribution in [0.15, 0.2) is 78.0 Å². The largest absolute Gasteiger partial charge is 0.391 e. The van der Waals surface area contributed by atoms with Gasteiger partial charge in [-0.2, -0.15) is 11.8 Å². The van der Waals surface area contributed by atoms with Crippen LogP contribution in [0.3, 0.4) is 0 Å². The molecular weight excluding hydrogens is 350 g/mol. The highest BCUT2D eigenvalue weighted by Gasteiger charge is 2.08. The molecule has 0 aromatic heterocycles. The number of hydrogen-bond donors (Lipinski definition) is 0. The minimum Gasteiger partial charge on any atom is -0.391 e. The molecule has 27 heavy (non-hydrogen) atoms. The fraction of sp³-hybridized carbons (Fsp3) is 0.208. The molecule has 3 rings (SSSR count). The summed E-state index contributed by atoms with van der Waals surface area (Å²) < 4.78 is 0. The van der Waals surface area contributed by atoms with Gasteiger partial charge >= 0.3 is 0 Å². The molecule has 0 saturated heterocycles. The first kappa shape index (κ1) is 19.2. The second-order valence-electron chi connectivity index (χ2n) is 6.57. The van der Waals surface area contributed by atoms with Crippen LogP contribution in [-0.2, 0) is 11.4 Å². The van der Waals surface area contributed by atoms with Crippen LogP contribution in [0.4, 0.5) is 0 Å². The summed E-state index contributed by atoms with van der Waals surface area (Å²) in [4.78, 5) is 5.77. The van der Waals surface area contributed by atoms with Crippen LogP contribution in [0.5, 0.6) is 0 Å². The number of hydrogen-bond acceptors (Lipinski definition) is 3. The van der Waals surface area contributed by atoms with Crippen LogP contribution >= 0.6 is 11.8 Å². The van der Waals surface area contributed by atoms with Crippen molar-refractivity contribution in [3.05, 3.63) is 95.1 Å². The van der Waals surface area contributed by atoms with Crippen molar-refractivity contribution in [1.82, 2.24) is 0 Å². The molecule has 0 aliphatic heterocycles. The molecule has 0 fully saturated rings. The maximum Gasteiger partial charge on any atom is 0.142 e. The number of benzene rings is 3. The molecule has 0 spiro atoms. The van der Waals surface area contributed by atoms with Crippen molar-refractivity contribution in [2.45, 2.75) is 20.5 Å². The van der Waals surface area contributed by atoms with Gasteiger partial charge < -0.3 is 4.84 Å². The van der Waals surface area contributed by atoms with E-state index in [1.807, 2.05) is 6.07 Å². The summed E-state index contributed by atoms with van der Waals surface area (Å²) in [7, 11) is 0. The Bertz CT molecular complexity index is 901. The number of aryl methyl sites for hydroxylation is 1. The lowest BCUT2D eigenvalue weighted by atomic mass is 9.97. The topological polar surface area (TPSA) is 21.6 Å². The van der Waals surface area contributed by atoms with Crippen molar-refractivity contribution < 1.29 is 4.84 Å². The molecule has 0 saturated carbocycles. The summed E-state index contributed by atoms with van der Waals surface area (Å²) in [5, 5.41) is 4.45. The third kappa shape index (κ3) is 5.01. The van der Waals surface area contributed by atoms with Crippen LogP contribution in [0.1, 0.15) is 22.3 Å². The number of nitrogens with zero attached hydrogens (tertiary/aromatic N) is 1. The minimum absolute atomic E-state index is 0.469. The summed E-state index contributed by atoms with van der Waals surface area (Å²) in [5.41, 5.74) is 8.19. The molecule has 3 aromatic carbocycles. The molecule has 0 aliphatic carbocycles. The highest BCUT2D eigenvalue weighted by atomic mass is 32.2. The fourth-order valence-electron chi connectivity index (χ4n) is 3.00. The molecule has 0 aliphatic rings. The molecule has 0 unspecified atom stereocenters. The zero-order valence-corrected chi connectivity index (χ0v) is 16.9. The summed E-state index contributed by atoms with van der Waals surface area (Å²) in [6.45, 7) is 4.71. The Hall–Kier alpha value is -2.52. The Morgan fingerprint density at radius 1 is 0.889 bits per heavy atom. The van der Waals surface area contributed by atoms with E-state index in [1.165, 1.54) is 22.3 Å². The number of thioether (sulfide) groups is 1. The molecule has 0 bridgehead atoms. The van der Waals surface area contributed by atoms with Crippen molar-refractivity contribution >= 4 is 17.5 Å². The predicted octanol–water partition coefficient (Wildman–Crippen LogP) is 6.25. The van der Waals surface area contributed by atoms with Gasteiger partial charge in [0.2, 0.25) is 0 Å². The Morgan fingerprint density at radius 2 is 1.63 bits per heavy atom. The normalized spacial score (nSPS) is 11.4. The van der Waals surface area contributed by atoms with Gasteiger partial charge in [0.15, 0.2) is 0 Å². The summed E-state index contributed by atoms with van der Waals surface area (Å²) >= 11 is 1.75. The van der Waals surface area contributed by atoms with E-state index in [2.05, 4.69) is 92.0 Å². The maximum atomic E-state index is 5.77. The third-order valence-electron chi connectivity index (χ3n) is 4.59. The molecule has 0 radical (unpaired) electrons. The molecule has 0 atom stereocenters. The maximum absolute atomic E-state index is 5.77. The highest BCUT2D eigenvalue weighted by molar-refractivity contribution is 7.99. The average Bonchev–Trinajstić information content (AvgIpc) is 2.70. The molecule has 3 heteroatoms. The number of rotatable bonds is 7. The number of oxime groups is 1. The zero-order valence-electron chi connectivity index (χ0n) is 16.1. The van der Waals surface area contributed by atoms with Crippen molar-refractivity contribution in [1.29, 1.82) is 0 Å². The van der Waals surface area contributed by atoms with Gasteiger partial charge in [-0.15, -0.1) is 0 Å². The second-order valence-corrected chi connectivity index (χ2v) is 7.43. The minimum atomic E-state index is 0.469. The first-order valence-corrected chi connectivity index (χ1v) is 10.5. The quantitative estimate of drug-likeness (QED) is 0.359. The van der Waals surface area contributed by atoms with Crippen LogP contribution in [0, 0.1) is 13.8 Å². The van der Waals surface area contributed by atoms with Crippen LogP contribution in [0.2, 0.25) is 0 Å². The van der Waals surface area contributed by atoms with Gasteiger partial charge in [-0.25, -0.2) is 0 Å². The van der Waals surface area contributed by atoms with E-state index in [0.29, 0.717) is 6.61 Å². The van der Waals surface area contributed by atoms with Crippen molar-refractivity contribution in [3.8, 4) is 11.1 Å². The first-order valence-electron chi connectivity index (χ1n) is 9.07. The van der Waals surface area contributed by atoms with Crippen LogP contribution < -0.4 is 0 Å². The van der Waals surface area contributed by atoms with E-state index in [9.17, 15) is 0 Å². The van der Waals surface area contributed by atoms with E-state index in [4.69, 9.17) is 4.84 Å². The van der Waals surface area contributed by atoms with Gasteiger partial charge in [-0.05, 0) is 42.4 Å². The standard InChI is InChI=1S/C24H25NOS/c1-18-12-14-21(15-13-18)24(17-27-3)25-26-16-22-10-7-11-23(19(22)2)20-8-5-4-6-9-20/h4-15H,16-17H2,1-3H3/b25-24+. The van der Waals surface area contributed by atoms with Gasteiger partial charge in [0.1, 0.15) is 6.61 Å². The van der Waals surface area contributed by atoms with E-state index in [1.54, 1.807) is 11.8 Å². The van der Waals surface area contributed by atoms with Crippen molar-refractivity contribution in [3.63, 3.8) is 0 Å². The first-order chi connectivity index (χ1) is 13.2. The zero-order chi connectivity index (χ0) is 19.1. The molecule has 0 N–H and O–H groups in total. The fourth-order valence-corrected chi connectivity index (χ4v) is 3.49. The lowest BCUT2D eigenvalue weighted by molar-refractivity contribution is 0.130. The van der Waals surface area contributed by atoms with Crippen LogP contribution in [0.25, 0.3) is 11.1 Å². The van der Waals surface area contributed by atoms with E-state index in [-0.39, 0.29) is 0 Å². The van der Waals surface area contributed by atoms with Crippen LogP contribution in [-0.4, -0.2) is 17.7 Å². The van der Waals surface area contributed by atoms with Gasteiger partial charge in [0.05, 0.1) is 5.71 Å². The SMILES string of the molecule is CSC/C(=N\OCc1cccc(-c2ccccc2)c1C)c1ccc(C)cc1. The Labute approximate surface area is 166 Å². The summed E-state index contributed by atoms with van der Waals surface area (Å²) in [6, 6.07) is 25.2. The smallest absolute Gasteiger partial charge is 0.142 e. The monoisotopic (exact) mass is 375 g/mol.